The third kappa shape index (κ3) is 4.86. The lowest BCUT2D eigenvalue weighted by molar-refractivity contribution is -0.141. The maximum Gasteiger partial charge on any atom is 0.433 e. The molecule has 0 spiro atoms. The second-order valence-corrected chi connectivity index (χ2v) is 11.3. The Morgan fingerprint density at radius 3 is 2.33 bits per heavy atom. The van der Waals surface area contributed by atoms with E-state index < -0.39 is 27.9 Å². The van der Waals surface area contributed by atoms with Crippen molar-refractivity contribution in [3.8, 4) is 0 Å². The van der Waals surface area contributed by atoms with E-state index in [-0.39, 0.29) is 38.9 Å². The summed E-state index contributed by atoms with van der Waals surface area (Å²) in [6.45, 7) is 5.81. The number of benzene rings is 2. The zero-order chi connectivity index (χ0) is 26.5. The Bertz CT molecular complexity index is 1580. The molecule has 2 heterocycles. The molecule has 0 aliphatic rings. The fourth-order valence-corrected chi connectivity index (χ4v) is 5.53. The first-order valence-electron chi connectivity index (χ1n) is 10.9. The number of halogens is 3. The Hall–Kier alpha value is -3.66. The van der Waals surface area contributed by atoms with E-state index in [9.17, 15) is 31.5 Å². The average molecular weight is 517 g/mol. The van der Waals surface area contributed by atoms with Gasteiger partial charge < -0.3 is 5.11 Å². The number of carbonyl (C=O) groups is 1. The molecule has 0 saturated carbocycles. The monoisotopic (exact) mass is 516 g/mol. The molecule has 0 amide bonds. The predicted octanol–water partition coefficient (Wildman–Crippen LogP) is 5.88. The normalized spacial score (nSPS) is 12.7. The smallest absolute Gasteiger partial charge is 0.433 e. The van der Waals surface area contributed by atoms with Crippen molar-refractivity contribution in [3.05, 3.63) is 94.9 Å². The van der Waals surface area contributed by atoms with Gasteiger partial charge in [-0.05, 0) is 52.9 Å². The van der Waals surface area contributed by atoms with Gasteiger partial charge in [0.2, 0.25) is 0 Å². The van der Waals surface area contributed by atoms with Crippen molar-refractivity contribution in [2.45, 2.75) is 43.7 Å². The summed E-state index contributed by atoms with van der Waals surface area (Å²) in [4.78, 5) is 14.8. The number of carboxylic acid groups (broad SMARTS) is 1. The zero-order valence-electron chi connectivity index (χ0n) is 19.7. The molecule has 0 bridgehead atoms. The summed E-state index contributed by atoms with van der Waals surface area (Å²) < 4.78 is 68.6. The molecule has 0 aliphatic carbocycles. The molecule has 0 radical (unpaired) electrons. The van der Waals surface area contributed by atoms with E-state index in [0.29, 0.717) is 5.56 Å². The molecule has 0 aliphatic heterocycles. The highest BCUT2D eigenvalue weighted by atomic mass is 32.2. The molecule has 0 unspecified atom stereocenters. The standard InChI is InChI=1S/C26H23F3N2O4S/c1-25(2,3)19-8-5-9-21(14-19)36(34,35)31-20(11-16-6-4-7-17(10-16)24(32)33)12-18-13-23(26(27,28)29)30-15-22(18)31/h4-10,12-15H,11H2,1-3H3,(H,32,33). The van der Waals surface area contributed by atoms with Crippen molar-refractivity contribution in [3.63, 3.8) is 0 Å². The van der Waals surface area contributed by atoms with E-state index in [1.54, 1.807) is 18.2 Å². The van der Waals surface area contributed by atoms with Crippen molar-refractivity contribution in [2.75, 3.05) is 0 Å². The van der Waals surface area contributed by atoms with Crippen LogP contribution in [-0.4, -0.2) is 28.5 Å². The predicted molar refractivity (Wildman–Crippen MR) is 129 cm³/mol. The number of nitrogens with zero attached hydrogens (tertiary/aromatic N) is 2. The average Bonchev–Trinajstić information content (AvgIpc) is 3.16. The molecular formula is C26H23F3N2O4S. The molecule has 2 aromatic carbocycles. The SMILES string of the molecule is CC(C)(C)c1cccc(S(=O)(=O)n2c(Cc3cccc(C(=O)O)c3)cc3cc(C(F)(F)F)ncc32)c1. The van der Waals surface area contributed by atoms with Crippen LogP contribution < -0.4 is 0 Å². The van der Waals surface area contributed by atoms with E-state index in [0.717, 1.165) is 21.8 Å². The van der Waals surface area contributed by atoms with E-state index in [2.05, 4.69) is 4.98 Å². The Morgan fingerprint density at radius 1 is 1.00 bits per heavy atom. The minimum Gasteiger partial charge on any atom is -0.478 e. The molecule has 4 aromatic rings. The highest BCUT2D eigenvalue weighted by Crippen LogP contribution is 2.33. The molecular weight excluding hydrogens is 493 g/mol. The van der Waals surface area contributed by atoms with Crippen LogP contribution in [0.2, 0.25) is 0 Å². The van der Waals surface area contributed by atoms with Crippen molar-refractivity contribution >= 4 is 26.9 Å². The van der Waals surface area contributed by atoms with Gasteiger partial charge >= 0.3 is 12.1 Å². The topological polar surface area (TPSA) is 89.3 Å². The van der Waals surface area contributed by atoms with Crippen LogP contribution in [0.1, 0.15) is 53.6 Å². The van der Waals surface area contributed by atoms with E-state index in [1.807, 2.05) is 26.8 Å². The summed E-state index contributed by atoms with van der Waals surface area (Å²) in [6.07, 6.45) is -3.83. The van der Waals surface area contributed by atoms with Gasteiger partial charge in [-0.1, -0.05) is 45.0 Å². The summed E-state index contributed by atoms with van der Waals surface area (Å²) in [5.41, 5.74) is -0.0399. The minimum atomic E-state index is -4.70. The van der Waals surface area contributed by atoms with Crippen LogP contribution in [0, 0.1) is 0 Å². The first kappa shape index (κ1) is 25.4. The van der Waals surface area contributed by atoms with Gasteiger partial charge in [0.05, 0.1) is 22.2 Å². The molecule has 188 valence electrons. The van der Waals surface area contributed by atoms with Crippen molar-refractivity contribution in [2.24, 2.45) is 0 Å². The number of rotatable bonds is 5. The number of carboxylic acids is 1. The summed E-state index contributed by atoms with van der Waals surface area (Å²) in [7, 11) is -4.25. The quantitative estimate of drug-likeness (QED) is 0.358. The van der Waals surface area contributed by atoms with Gasteiger partial charge in [-0.15, -0.1) is 0 Å². The number of hydrogen-bond donors (Lipinski definition) is 1. The lowest BCUT2D eigenvalue weighted by Gasteiger charge is -2.20. The van der Waals surface area contributed by atoms with Gasteiger partial charge in [-0.25, -0.2) is 22.2 Å². The van der Waals surface area contributed by atoms with Crippen molar-refractivity contribution < 1.29 is 31.5 Å². The number of pyridine rings is 1. The first-order valence-corrected chi connectivity index (χ1v) is 12.4. The number of hydrogen-bond acceptors (Lipinski definition) is 4. The molecule has 0 fully saturated rings. The number of aromatic nitrogens is 2. The molecule has 6 nitrogen and oxygen atoms in total. The maximum atomic E-state index is 13.9. The number of fused-ring (bicyclic) bond motifs is 1. The lowest BCUT2D eigenvalue weighted by atomic mass is 9.87. The first-order chi connectivity index (χ1) is 16.7. The zero-order valence-corrected chi connectivity index (χ0v) is 20.5. The van der Waals surface area contributed by atoms with Crippen LogP contribution in [0.25, 0.3) is 10.9 Å². The summed E-state index contributed by atoms with van der Waals surface area (Å²) in [5, 5.41) is 9.36. The highest BCUT2D eigenvalue weighted by molar-refractivity contribution is 7.90. The molecule has 0 saturated heterocycles. The third-order valence-corrected chi connectivity index (χ3v) is 7.57. The largest absolute Gasteiger partial charge is 0.478 e. The van der Waals surface area contributed by atoms with E-state index in [4.69, 9.17) is 0 Å². The second-order valence-electron chi connectivity index (χ2n) is 9.49. The van der Waals surface area contributed by atoms with E-state index in [1.165, 1.54) is 30.3 Å². The number of aromatic carboxylic acids is 1. The van der Waals surface area contributed by atoms with Gasteiger partial charge in [0, 0.05) is 17.5 Å². The van der Waals surface area contributed by atoms with Gasteiger partial charge in [0.15, 0.2) is 0 Å². The van der Waals surface area contributed by atoms with Crippen LogP contribution in [0.15, 0.2) is 71.8 Å². The third-order valence-electron chi connectivity index (χ3n) is 5.80. The molecule has 1 N–H and O–H groups in total. The molecule has 4 rings (SSSR count). The van der Waals surface area contributed by atoms with Gasteiger partial charge in [0.1, 0.15) is 5.69 Å². The van der Waals surface area contributed by atoms with Crippen LogP contribution in [0.5, 0.6) is 0 Å². The van der Waals surface area contributed by atoms with Crippen LogP contribution in [-0.2, 0) is 28.0 Å². The summed E-state index contributed by atoms with van der Waals surface area (Å²) >= 11 is 0. The Balaban J connectivity index is 1.95. The van der Waals surface area contributed by atoms with Gasteiger partial charge in [-0.3, -0.25) is 0 Å². The molecule has 0 atom stereocenters. The van der Waals surface area contributed by atoms with Crippen LogP contribution in [0.3, 0.4) is 0 Å². The second kappa shape index (κ2) is 8.77. The van der Waals surface area contributed by atoms with Crippen LogP contribution >= 0.6 is 0 Å². The molecule has 36 heavy (non-hydrogen) atoms. The maximum absolute atomic E-state index is 13.9. The highest BCUT2D eigenvalue weighted by Gasteiger charge is 2.34. The molecule has 10 heteroatoms. The van der Waals surface area contributed by atoms with Gasteiger partial charge in [-0.2, -0.15) is 13.2 Å². The van der Waals surface area contributed by atoms with Crippen LogP contribution in [0.4, 0.5) is 13.2 Å². The van der Waals surface area contributed by atoms with E-state index >= 15 is 0 Å². The lowest BCUT2D eigenvalue weighted by Crippen LogP contribution is -2.18. The Labute approximate surface area is 206 Å². The number of alkyl halides is 3. The van der Waals surface area contributed by atoms with Gasteiger partial charge in [0.25, 0.3) is 10.0 Å². The minimum absolute atomic E-state index is 0.00597. The van der Waals surface area contributed by atoms with Crippen molar-refractivity contribution in [1.29, 1.82) is 0 Å². The fraction of sp³-hybridized carbons (Fsp3) is 0.231. The Kier molecular flexibility index (Phi) is 6.20. The fourth-order valence-electron chi connectivity index (χ4n) is 3.96. The summed E-state index contributed by atoms with van der Waals surface area (Å²) in [5.74, 6) is -1.15. The summed E-state index contributed by atoms with van der Waals surface area (Å²) in [6, 6.07) is 14.5. The van der Waals surface area contributed by atoms with Crippen molar-refractivity contribution in [1.82, 2.24) is 8.96 Å². The Morgan fingerprint density at radius 2 is 1.69 bits per heavy atom. The molecule has 2 aromatic heterocycles.